The van der Waals surface area contributed by atoms with Crippen molar-refractivity contribution in [2.24, 2.45) is 0 Å². The minimum absolute atomic E-state index is 0.228. The molecule has 1 atom stereocenters. The highest BCUT2D eigenvalue weighted by atomic mass is 32.2. The molecule has 6 nitrogen and oxygen atoms in total. The largest absolute Gasteiger partial charge is 0.281 e. The molecule has 0 aliphatic rings. The van der Waals surface area contributed by atoms with Gasteiger partial charge in [-0.1, -0.05) is 6.92 Å². The van der Waals surface area contributed by atoms with Crippen molar-refractivity contribution in [3.8, 4) is 0 Å². The van der Waals surface area contributed by atoms with Crippen LogP contribution in [0.2, 0.25) is 0 Å². The summed E-state index contributed by atoms with van der Waals surface area (Å²) in [6, 6.07) is -0.318. The molecule has 2 heterocycles. The van der Waals surface area contributed by atoms with Crippen molar-refractivity contribution in [3.05, 3.63) is 27.0 Å². The number of rotatable bonds is 5. The van der Waals surface area contributed by atoms with E-state index in [1.54, 1.807) is 13.8 Å². The van der Waals surface area contributed by atoms with Gasteiger partial charge in [0.15, 0.2) is 0 Å². The molecule has 0 fully saturated rings. The molecule has 0 radical (unpaired) electrons. The van der Waals surface area contributed by atoms with E-state index < -0.39 is 10.0 Å². The van der Waals surface area contributed by atoms with E-state index in [1.807, 2.05) is 20.8 Å². The Morgan fingerprint density at radius 3 is 2.33 bits per heavy atom. The molecule has 0 spiro atoms. The Balaban J connectivity index is 2.34. The standard InChI is InChI=1S/C13H20N4O2S2/c1-6-11(13-14-7(2)10(5)20-13)17-21(18,19)12-8(3)15-16-9(12)4/h11,17H,6H2,1-5H3,(H,15,16)/t11-/m0/s1. The maximum absolute atomic E-state index is 12.6. The quantitative estimate of drug-likeness (QED) is 0.883. The van der Waals surface area contributed by atoms with E-state index in [2.05, 4.69) is 19.9 Å². The van der Waals surface area contributed by atoms with Crippen LogP contribution in [0.5, 0.6) is 0 Å². The first-order chi connectivity index (χ1) is 9.76. The summed E-state index contributed by atoms with van der Waals surface area (Å²) in [7, 11) is -3.62. The van der Waals surface area contributed by atoms with E-state index in [0.717, 1.165) is 15.6 Å². The molecular formula is C13H20N4O2S2. The second-order valence-corrected chi connectivity index (χ2v) is 7.92. The second-order valence-electron chi connectivity index (χ2n) is 5.04. The number of aromatic nitrogens is 3. The highest BCUT2D eigenvalue weighted by Crippen LogP contribution is 2.27. The van der Waals surface area contributed by atoms with E-state index in [1.165, 1.54) is 11.3 Å². The molecule has 2 N–H and O–H groups in total. The normalized spacial score (nSPS) is 13.6. The summed E-state index contributed by atoms with van der Waals surface area (Å²) in [5, 5.41) is 7.46. The summed E-state index contributed by atoms with van der Waals surface area (Å²) in [6.07, 6.45) is 0.640. The van der Waals surface area contributed by atoms with Gasteiger partial charge in [0.25, 0.3) is 0 Å². The zero-order valence-electron chi connectivity index (χ0n) is 12.8. The van der Waals surface area contributed by atoms with Crippen molar-refractivity contribution in [1.82, 2.24) is 19.9 Å². The summed E-state index contributed by atoms with van der Waals surface area (Å²) in [6.45, 7) is 9.24. The van der Waals surface area contributed by atoms with Gasteiger partial charge in [-0.2, -0.15) is 5.10 Å². The maximum atomic E-state index is 12.6. The lowest BCUT2D eigenvalue weighted by molar-refractivity contribution is 0.547. The number of hydrogen-bond acceptors (Lipinski definition) is 5. The number of nitrogens with one attached hydrogen (secondary N) is 2. The first-order valence-corrected chi connectivity index (χ1v) is 9.04. The van der Waals surface area contributed by atoms with Crippen LogP contribution in [0.15, 0.2) is 4.90 Å². The predicted molar refractivity (Wildman–Crippen MR) is 83.0 cm³/mol. The third-order valence-electron chi connectivity index (χ3n) is 3.38. The predicted octanol–water partition coefficient (Wildman–Crippen LogP) is 2.53. The topological polar surface area (TPSA) is 87.7 Å². The van der Waals surface area contributed by atoms with Crippen LogP contribution >= 0.6 is 11.3 Å². The number of aromatic amines is 1. The zero-order chi connectivity index (χ0) is 15.8. The monoisotopic (exact) mass is 328 g/mol. The van der Waals surface area contributed by atoms with Gasteiger partial charge in [-0.15, -0.1) is 11.3 Å². The first-order valence-electron chi connectivity index (χ1n) is 6.74. The Labute approximate surface area is 129 Å². The molecule has 0 aliphatic carbocycles. The lowest BCUT2D eigenvalue weighted by Gasteiger charge is -2.15. The Kier molecular flexibility index (Phi) is 4.50. The van der Waals surface area contributed by atoms with E-state index >= 15 is 0 Å². The van der Waals surface area contributed by atoms with Crippen LogP contribution in [-0.4, -0.2) is 23.6 Å². The van der Waals surface area contributed by atoms with Gasteiger partial charge in [0.1, 0.15) is 9.90 Å². The Morgan fingerprint density at radius 2 is 1.90 bits per heavy atom. The number of sulfonamides is 1. The molecule has 2 aromatic heterocycles. The smallest absolute Gasteiger partial charge is 0.244 e. The van der Waals surface area contributed by atoms with E-state index in [0.29, 0.717) is 17.8 Å². The molecule has 0 saturated carbocycles. The summed E-state index contributed by atoms with van der Waals surface area (Å²) in [5.41, 5.74) is 1.96. The van der Waals surface area contributed by atoms with Crippen molar-refractivity contribution >= 4 is 21.4 Å². The molecule has 0 unspecified atom stereocenters. The molecule has 116 valence electrons. The molecule has 0 saturated heterocycles. The molecule has 2 rings (SSSR count). The Morgan fingerprint density at radius 1 is 1.24 bits per heavy atom. The number of thiazole rings is 1. The fourth-order valence-electron chi connectivity index (χ4n) is 2.14. The summed E-state index contributed by atoms with van der Waals surface area (Å²) in [5.74, 6) is 0. The SMILES string of the molecule is CC[C@H](NS(=O)(=O)c1c(C)n[nH]c1C)c1nc(C)c(C)s1. The van der Waals surface area contributed by atoms with Crippen molar-refractivity contribution in [2.45, 2.75) is 52.0 Å². The minimum Gasteiger partial charge on any atom is -0.281 e. The number of aryl methyl sites for hydroxylation is 4. The van der Waals surface area contributed by atoms with Crippen LogP contribution in [0, 0.1) is 27.7 Å². The highest BCUT2D eigenvalue weighted by Gasteiger charge is 2.27. The zero-order valence-corrected chi connectivity index (χ0v) is 14.4. The van der Waals surface area contributed by atoms with Crippen molar-refractivity contribution in [2.75, 3.05) is 0 Å². The molecule has 0 bridgehead atoms. The van der Waals surface area contributed by atoms with Gasteiger partial charge in [0, 0.05) is 4.88 Å². The number of nitrogens with zero attached hydrogens (tertiary/aromatic N) is 2. The minimum atomic E-state index is -3.62. The molecule has 8 heteroatoms. The molecule has 0 aliphatic heterocycles. The van der Waals surface area contributed by atoms with Crippen molar-refractivity contribution < 1.29 is 8.42 Å². The average Bonchev–Trinajstić information content (AvgIpc) is 2.90. The van der Waals surface area contributed by atoms with Crippen LogP contribution in [0.1, 0.15) is 46.4 Å². The van der Waals surface area contributed by atoms with Crippen LogP contribution in [0.3, 0.4) is 0 Å². The van der Waals surface area contributed by atoms with Crippen LogP contribution in [0.25, 0.3) is 0 Å². The Bertz CT molecular complexity index is 707. The maximum Gasteiger partial charge on any atom is 0.244 e. The van der Waals surface area contributed by atoms with Crippen LogP contribution < -0.4 is 4.72 Å². The third-order valence-corrected chi connectivity index (χ3v) is 6.30. The van der Waals surface area contributed by atoms with Gasteiger partial charge in [-0.3, -0.25) is 5.10 Å². The molecule has 2 aromatic rings. The van der Waals surface area contributed by atoms with Gasteiger partial charge in [-0.25, -0.2) is 18.1 Å². The highest BCUT2D eigenvalue weighted by molar-refractivity contribution is 7.89. The fraction of sp³-hybridized carbons (Fsp3) is 0.538. The van der Waals surface area contributed by atoms with Gasteiger partial charge in [-0.05, 0) is 34.1 Å². The molecule has 0 amide bonds. The van der Waals surface area contributed by atoms with Crippen molar-refractivity contribution in [1.29, 1.82) is 0 Å². The fourth-order valence-corrected chi connectivity index (χ4v) is 4.92. The van der Waals surface area contributed by atoms with Crippen LogP contribution in [0.4, 0.5) is 0 Å². The first kappa shape index (κ1) is 16.1. The Hall–Kier alpha value is -1.25. The number of H-pyrrole nitrogens is 1. The molecule has 0 aromatic carbocycles. The van der Waals surface area contributed by atoms with Gasteiger partial charge in [0.05, 0.1) is 23.1 Å². The molecule has 21 heavy (non-hydrogen) atoms. The summed E-state index contributed by atoms with van der Waals surface area (Å²) < 4.78 is 27.9. The summed E-state index contributed by atoms with van der Waals surface area (Å²) in [4.78, 5) is 5.80. The van der Waals surface area contributed by atoms with Gasteiger partial charge >= 0.3 is 0 Å². The van der Waals surface area contributed by atoms with Gasteiger partial charge < -0.3 is 0 Å². The lowest BCUT2D eigenvalue weighted by atomic mass is 10.2. The average molecular weight is 328 g/mol. The lowest BCUT2D eigenvalue weighted by Crippen LogP contribution is -2.29. The summed E-state index contributed by atoms with van der Waals surface area (Å²) >= 11 is 1.53. The molecular weight excluding hydrogens is 308 g/mol. The van der Waals surface area contributed by atoms with Gasteiger partial charge in [0.2, 0.25) is 10.0 Å². The van der Waals surface area contributed by atoms with E-state index in [9.17, 15) is 8.42 Å². The number of hydrogen-bond donors (Lipinski definition) is 2. The third kappa shape index (κ3) is 3.17. The van der Waals surface area contributed by atoms with Crippen LogP contribution in [-0.2, 0) is 10.0 Å². The van der Waals surface area contributed by atoms with E-state index in [4.69, 9.17) is 0 Å². The second kappa shape index (κ2) is 5.86. The van der Waals surface area contributed by atoms with Crippen molar-refractivity contribution in [3.63, 3.8) is 0 Å². The van der Waals surface area contributed by atoms with E-state index in [-0.39, 0.29) is 10.9 Å².